The average molecular weight is 724 g/mol. The van der Waals surface area contributed by atoms with Gasteiger partial charge in [-0.2, -0.15) is 0 Å². The summed E-state index contributed by atoms with van der Waals surface area (Å²) in [7, 11) is 0. The van der Waals surface area contributed by atoms with Gasteiger partial charge in [-0.05, 0) is 146 Å². The summed E-state index contributed by atoms with van der Waals surface area (Å²) in [5, 5.41) is 6.47. The molecule has 0 saturated heterocycles. The second-order valence-corrected chi connectivity index (χ2v) is 20.9. The molecule has 0 aliphatic heterocycles. The van der Waals surface area contributed by atoms with Crippen LogP contribution in [0.2, 0.25) is 0 Å². The molecule has 0 radical (unpaired) electrons. The highest BCUT2D eigenvalue weighted by Crippen LogP contribution is 2.58. The number of nitrogens with one attached hydrogen (secondary N) is 2. The summed E-state index contributed by atoms with van der Waals surface area (Å²) in [6.07, 6.45) is 5.90. The van der Waals surface area contributed by atoms with E-state index in [1.54, 1.807) is 0 Å². The van der Waals surface area contributed by atoms with Crippen LogP contribution in [0.4, 0.5) is 0 Å². The molecule has 4 bridgehead atoms. The topological polar surface area (TPSA) is 58.2 Å². The summed E-state index contributed by atoms with van der Waals surface area (Å²) in [5.41, 5.74) is -0.495. The highest BCUT2D eigenvalue weighted by atomic mass is 80.0. The molecule has 4 aliphatic carbocycles. The lowest BCUT2D eigenvalue weighted by atomic mass is 9.50. The number of alkyl halides is 6. The van der Waals surface area contributed by atoms with Crippen molar-refractivity contribution in [2.75, 3.05) is 0 Å². The van der Waals surface area contributed by atoms with Crippen molar-refractivity contribution in [3.05, 3.63) is 0 Å². The van der Waals surface area contributed by atoms with Crippen LogP contribution in [-0.4, -0.2) is 27.2 Å². The van der Waals surface area contributed by atoms with E-state index in [0.29, 0.717) is 11.8 Å². The van der Waals surface area contributed by atoms with Gasteiger partial charge in [0, 0.05) is 11.1 Å². The molecular formula is C14H16Br6N2O2. The Labute approximate surface area is 191 Å². The summed E-state index contributed by atoms with van der Waals surface area (Å²) in [4.78, 5) is 24.9. The van der Waals surface area contributed by atoms with E-state index in [1.165, 1.54) is 6.42 Å². The van der Waals surface area contributed by atoms with Gasteiger partial charge in [-0.25, -0.2) is 0 Å². The maximum atomic E-state index is 12.5. The van der Waals surface area contributed by atoms with E-state index in [4.69, 9.17) is 0 Å². The van der Waals surface area contributed by atoms with Crippen LogP contribution >= 0.6 is 95.6 Å². The minimum absolute atomic E-state index is 0.137. The highest BCUT2D eigenvalue weighted by Gasteiger charge is 2.59. The Morgan fingerprint density at radius 2 is 1.08 bits per heavy atom. The molecule has 2 N–H and O–H groups in total. The van der Waals surface area contributed by atoms with Crippen LogP contribution in [0.5, 0.6) is 0 Å². The smallest absolute Gasteiger partial charge is 0.259 e. The Morgan fingerprint density at radius 3 is 1.38 bits per heavy atom. The Balaban J connectivity index is 1.82. The Hall–Kier alpha value is 1.82. The molecule has 4 fully saturated rings. The van der Waals surface area contributed by atoms with Gasteiger partial charge in [-0.15, -0.1) is 0 Å². The molecule has 0 atom stereocenters. The third kappa shape index (κ3) is 4.28. The molecule has 4 saturated carbocycles. The van der Waals surface area contributed by atoms with E-state index in [-0.39, 0.29) is 22.9 Å². The number of halogens is 6. The van der Waals surface area contributed by atoms with Crippen molar-refractivity contribution in [2.45, 2.75) is 53.9 Å². The monoisotopic (exact) mass is 718 g/mol. The fourth-order valence-electron chi connectivity index (χ4n) is 5.18. The zero-order chi connectivity index (χ0) is 18.0. The van der Waals surface area contributed by atoms with E-state index in [1.807, 2.05) is 0 Å². The lowest BCUT2D eigenvalue weighted by Gasteiger charge is -2.62. The van der Waals surface area contributed by atoms with Crippen molar-refractivity contribution >= 4 is 107 Å². The molecule has 4 aliphatic rings. The lowest BCUT2D eigenvalue weighted by Crippen LogP contribution is -2.71. The van der Waals surface area contributed by atoms with Crippen LogP contribution in [0, 0.1) is 11.8 Å². The first kappa shape index (κ1) is 20.6. The maximum absolute atomic E-state index is 12.5. The predicted molar refractivity (Wildman–Crippen MR) is 115 cm³/mol. The van der Waals surface area contributed by atoms with Crippen molar-refractivity contribution in [3.8, 4) is 0 Å². The minimum Gasteiger partial charge on any atom is -0.348 e. The van der Waals surface area contributed by atoms with Gasteiger partial charge in [-0.3, -0.25) is 9.59 Å². The van der Waals surface area contributed by atoms with Crippen molar-refractivity contribution in [1.29, 1.82) is 0 Å². The largest absolute Gasteiger partial charge is 0.348 e. The summed E-state index contributed by atoms with van der Waals surface area (Å²) in [6, 6.07) is 0. The molecule has 0 heterocycles. The van der Waals surface area contributed by atoms with E-state index in [2.05, 4.69) is 106 Å². The maximum Gasteiger partial charge on any atom is 0.259 e. The summed E-state index contributed by atoms with van der Waals surface area (Å²) < 4.78 is -1.91. The Bertz CT molecular complexity index is 511. The fourth-order valence-corrected chi connectivity index (χ4v) is 5.77. The zero-order valence-electron chi connectivity index (χ0n) is 12.5. The lowest BCUT2D eigenvalue weighted by molar-refractivity contribution is -0.130. The van der Waals surface area contributed by atoms with E-state index >= 15 is 0 Å². The molecule has 10 heteroatoms. The standard InChI is InChI=1S/C14H16Br6N2O2/c15-13(16,17)9(23)21-11-2-7-1-8(4-11)5-12(3-7,6-11)22-10(24)14(18,19)20/h7-8H,1-6H2,(H,21,23)(H,22,24). The van der Waals surface area contributed by atoms with Crippen LogP contribution in [0.25, 0.3) is 0 Å². The Kier molecular flexibility index (Phi) is 5.74. The number of amides is 2. The average Bonchev–Trinajstić information content (AvgIpc) is 2.33. The first-order valence-corrected chi connectivity index (χ1v) is 12.4. The van der Waals surface area contributed by atoms with Gasteiger partial charge in [0.2, 0.25) is 4.29 Å². The number of hydrogen-bond donors (Lipinski definition) is 2. The minimum atomic E-state index is -0.955. The normalized spacial score (nSPS) is 38.1. The van der Waals surface area contributed by atoms with Crippen LogP contribution in [-0.2, 0) is 9.59 Å². The molecular weight excluding hydrogens is 708 g/mol. The van der Waals surface area contributed by atoms with Crippen LogP contribution in [0.1, 0.15) is 38.5 Å². The van der Waals surface area contributed by atoms with Gasteiger partial charge >= 0.3 is 0 Å². The second kappa shape index (κ2) is 6.71. The molecule has 0 aromatic carbocycles. The first-order valence-electron chi connectivity index (χ1n) is 7.61. The van der Waals surface area contributed by atoms with Crippen LogP contribution < -0.4 is 10.6 Å². The third-order valence-electron chi connectivity index (χ3n) is 5.33. The van der Waals surface area contributed by atoms with E-state index in [9.17, 15) is 9.59 Å². The van der Waals surface area contributed by atoms with Crippen LogP contribution in [0.3, 0.4) is 0 Å². The molecule has 24 heavy (non-hydrogen) atoms. The van der Waals surface area contributed by atoms with Gasteiger partial charge in [0.15, 0.2) is 0 Å². The molecule has 0 aromatic rings. The number of carbonyl (C=O) groups excluding carboxylic acids is 2. The van der Waals surface area contributed by atoms with Crippen molar-refractivity contribution < 1.29 is 9.59 Å². The third-order valence-corrected chi connectivity index (χ3v) is 7.49. The molecule has 4 nitrogen and oxygen atoms in total. The quantitative estimate of drug-likeness (QED) is 0.395. The predicted octanol–water partition coefficient (Wildman–Crippen LogP) is 4.99. The van der Waals surface area contributed by atoms with Crippen LogP contribution in [0.15, 0.2) is 0 Å². The summed E-state index contributed by atoms with van der Waals surface area (Å²) >= 11 is 19.8. The van der Waals surface area contributed by atoms with E-state index < -0.39 is 4.29 Å². The molecule has 2 amide bonds. The van der Waals surface area contributed by atoms with Crippen molar-refractivity contribution in [3.63, 3.8) is 0 Å². The summed E-state index contributed by atoms with van der Waals surface area (Å²) in [5.74, 6) is 0.804. The van der Waals surface area contributed by atoms with E-state index in [0.717, 1.165) is 32.1 Å². The molecule has 0 unspecified atom stereocenters. The SMILES string of the molecule is O=C(NC12CC3CC(C1)CC(NC(=O)C(Br)(Br)Br)(C3)C2)C(Br)(Br)Br. The highest BCUT2D eigenvalue weighted by molar-refractivity contribution is 9.40. The van der Waals surface area contributed by atoms with Gasteiger partial charge in [-0.1, -0.05) is 0 Å². The number of carbonyl (C=O) groups is 2. The molecule has 0 spiro atoms. The molecule has 136 valence electrons. The van der Waals surface area contributed by atoms with Gasteiger partial charge in [0.05, 0.1) is 0 Å². The molecule has 4 rings (SSSR count). The van der Waals surface area contributed by atoms with Gasteiger partial charge in [0.1, 0.15) is 0 Å². The fraction of sp³-hybridized carbons (Fsp3) is 0.857. The summed E-state index contributed by atoms with van der Waals surface area (Å²) in [6.45, 7) is 0. The second-order valence-electron chi connectivity index (χ2n) is 7.43. The van der Waals surface area contributed by atoms with Gasteiger partial charge in [0.25, 0.3) is 11.8 Å². The molecule has 0 aromatic heterocycles. The number of rotatable bonds is 2. The van der Waals surface area contributed by atoms with Gasteiger partial charge < -0.3 is 10.6 Å². The Morgan fingerprint density at radius 1 is 0.750 bits per heavy atom. The zero-order valence-corrected chi connectivity index (χ0v) is 22.0. The number of hydrogen-bond acceptors (Lipinski definition) is 2. The van der Waals surface area contributed by atoms with Crippen molar-refractivity contribution in [2.24, 2.45) is 11.8 Å². The van der Waals surface area contributed by atoms with Crippen molar-refractivity contribution in [1.82, 2.24) is 10.6 Å². The first-order chi connectivity index (χ1) is 10.8.